The number of aryl methyl sites for hydroxylation is 2. The fraction of sp³-hybridized carbons (Fsp3) is 0.357. The van der Waals surface area contributed by atoms with Gasteiger partial charge in [0, 0.05) is 18.6 Å². The monoisotopic (exact) mass is 278 g/mol. The van der Waals surface area contributed by atoms with Crippen molar-refractivity contribution in [3.63, 3.8) is 0 Å². The maximum absolute atomic E-state index is 6.05. The van der Waals surface area contributed by atoms with Gasteiger partial charge in [0.15, 0.2) is 0 Å². The highest BCUT2D eigenvalue weighted by Gasteiger charge is 2.10. The van der Waals surface area contributed by atoms with Crippen molar-refractivity contribution >= 4 is 23.1 Å². The second-order valence-corrected chi connectivity index (χ2v) is 4.93. The van der Waals surface area contributed by atoms with Gasteiger partial charge < -0.3 is 11.1 Å². The zero-order valence-corrected chi connectivity index (χ0v) is 12.0. The van der Waals surface area contributed by atoms with E-state index < -0.39 is 0 Å². The van der Waals surface area contributed by atoms with Crippen molar-refractivity contribution in [3.05, 3.63) is 40.5 Å². The van der Waals surface area contributed by atoms with Crippen LogP contribution in [0.15, 0.2) is 24.3 Å². The number of halogens is 1. The Kier molecular flexibility index (Phi) is 4.32. The summed E-state index contributed by atoms with van der Waals surface area (Å²) in [5.41, 5.74) is 8.99. The van der Waals surface area contributed by atoms with Crippen LogP contribution in [0.25, 0.3) is 0 Å². The number of hydrogen-bond acceptors (Lipinski definition) is 3. The number of nitrogen functional groups attached to an aromatic ring is 1. The molecule has 2 rings (SSSR count). The lowest BCUT2D eigenvalue weighted by Gasteiger charge is -2.08. The van der Waals surface area contributed by atoms with E-state index in [1.165, 1.54) is 5.56 Å². The molecule has 4 nitrogen and oxygen atoms in total. The van der Waals surface area contributed by atoms with Gasteiger partial charge in [0.2, 0.25) is 0 Å². The lowest BCUT2D eigenvalue weighted by molar-refractivity contribution is 0.747. The van der Waals surface area contributed by atoms with Crippen molar-refractivity contribution < 1.29 is 0 Å². The molecule has 0 unspecified atom stereocenters. The maximum Gasteiger partial charge on any atom is 0.147 e. The van der Waals surface area contributed by atoms with Crippen molar-refractivity contribution in [1.29, 1.82) is 0 Å². The summed E-state index contributed by atoms with van der Waals surface area (Å²) in [4.78, 5) is 0. The molecule has 0 aliphatic carbocycles. The van der Waals surface area contributed by atoms with Gasteiger partial charge in [-0.1, -0.05) is 30.7 Å². The molecule has 1 heterocycles. The fourth-order valence-corrected chi connectivity index (χ4v) is 2.17. The van der Waals surface area contributed by atoms with Gasteiger partial charge >= 0.3 is 0 Å². The minimum absolute atomic E-state index is 0.751. The van der Waals surface area contributed by atoms with Crippen LogP contribution in [0.2, 0.25) is 5.02 Å². The van der Waals surface area contributed by atoms with Gasteiger partial charge in [-0.2, -0.15) is 5.10 Å². The van der Waals surface area contributed by atoms with E-state index >= 15 is 0 Å². The maximum atomic E-state index is 6.05. The number of nitrogens with one attached hydrogen (secondary N) is 1. The summed E-state index contributed by atoms with van der Waals surface area (Å²) >= 11 is 5.86. The molecule has 102 valence electrons. The smallest absolute Gasteiger partial charge is 0.147 e. The van der Waals surface area contributed by atoms with Crippen LogP contribution in [-0.2, 0) is 19.9 Å². The highest BCUT2D eigenvalue weighted by molar-refractivity contribution is 6.30. The largest absolute Gasteiger partial charge is 0.394 e. The van der Waals surface area contributed by atoms with Gasteiger partial charge in [-0.05, 0) is 30.5 Å². The molecule has 0 amide bonds. The fourth-order valence-electron chi connectivity index (χ4n) is 2.04. The van der Waals surface area contributed by atoms with E-state index in [1.807, 2.05) is 31.3 Å². The zero-order chi connectivity index (χ0) is 13.8. The molecule has 1 aromatic carbocycles. The number of nitrogens with zero attached hydrogens (tertiary/aromatic N) is 2. The van der Waals surface area contributed by atoms with E-state index in [2.05, 4.69) is 17.3 Å². The Hall–Kier alpha value is -1.68. The molecule has 0 fully saturated rings. The molecule has 0 aliphatic rings. The van der Waals surface area contributed by atoms with Gasteiger partial charge in [-0.15, -0.1) is 0 Å². The first-order chi connectivity index (χ1) is 9.11. The van der Waals surface area contributed by atoms with E-state index in [9.17, 15) is 0 Å². The Morgan fingerprint density at radius 1 is 1.32 bits per heavy atom. The predicted molar refractivity (Wildman–Crippen MR) is 80.6 cm³/mol. The first kappa shape index (κ1) is 13.7. The molecule has 19 heavy (non-hydrogen) atoms. The second kappa shape index (κ2) is 5.97. The summed E-state index contributed by atoms with van der Waals surface area (Å²) in [6, 6.07) is 7.89. The molecule has 0 saturated heterocycles. The van der Waals surface area contributed by atoms with E-state index in [4.69, 9.17) is 17.3 Å². The molecule has 0 atom stereocenters. The first-order valence-corrected chi connectivity index (χ1v) is 6.79. The third-order valence-corrected chi connectivity index (χ3v) is 3.37. The Morgan fingerprint density at radius 3 is 2.58 bits per heavy atom. The third kappa shape index (κ3) is 3.20. The third-order valence-electron chi connectivity index (χ3n) is 3.11. The van der Waals surface area contributed by atoms with Crippen LogP contribution in [-0.4, -0.2) is 16.3 Å². The van der Waals surface area contributed by atoms with Gasteiger partial charge in [0.1, 0.15) is 5.82 Å². The molecule has 2 aromatic rings. The predicted octanol–water partition coefficient (Wildman–Crippen LogP) is 2.87. The molecule has 0 bridgehead atoms. The van der Waals surface area contributed by atoms with Gasteiger partial charge in [-0.3, -0.25) is 4.68 Å². The van der Waals surface area contributed by atoms with E-state index in [1.54, 1.807) is 4.68 Å². The van der Waals surface area contributed by atoms with Crippen LogP contribution in [0.5, 0.6) is 0 Å². The van der Waals surface area contributed by atoms with Crippen molar-refractivity contribution in [1.82, 2.24) is 9.78 Å². The SMILES string of the molecule is CCc1nn(C)c(NCCc2ccc(Cl)cc2)c1N. The first-order valence-electron chi connectivity index (χ1n) is 6.41. The molecule has 5 heteroatoms. The van der Waals surface area contributed by atoms with Gasteiger partial charge in [-0.25, -0.2) is 0 Å². The highest BCUT2D eigenvalue weighted by Crippen LogP contribution is 2.22. The summed E-state index contributed by atoms with van der Waals surface area (Å²) in [6.45, 7) is 2.87. The molecular weight excluding hydrogens is 260 g/mol. The van der Waals surface area contributed by atoms with Gasteiger partial charge in [0.25, 0.3) is 0 Å². The topological polar surface area (TPSA) is 55.9 Å². The summed E-state index contributed by atoms with van der Waals surface area (Å²) < 4.78 is 1.80. The molecule has 0 aliphatic heterocycles. The lowest BCUT2D eigenvalue weighted by Crippen LogP contribution is -2.10. The summed E-state index contributed by atoms with van der Waals surface area (Å²) in [7, 11) is 1.90. The van der Waals surface area contributed by atoms with Crippen LogP contribution in [0.1, 0.15) is 18.2 Å². The minimum atomic E-state index is 0.751. The van der Waals surface area contributed by atoms with Crippen molar-refractivity contribution in [2.45, 2.75) is 19.8 Å². The van der Waals surface area contributed by atoms with Crippen molar-refractivity contribution in [2.24, 2.45) is 7.05 Å². The Balaban J connectivity index is 1.96. The average Bonchev–Trinajstić information content (AvgIpc) is 2.68. The quantitative estimate of drug-likeness (QED) is 0.884. The van der Waals surface area contributed by atoms with E-state index in [-0.39, 0.29) is 0 Å². The second-order valence-electron chi connectivity index (χ2n) is 4.49. The molecular formula is C14H19ClN4. The highest BCUT2D eigenvalue weighted by atomic mass is 35.5. The average molecular weight is 279 g/mol. The Bertz CT molecular complexity index is 545. The number of anilines is 2. The summed E-state index contributed by atoms with van der Waals surface area (Å²) in [6.07, 6.45) is 1.77. The van der Waals surface area contributed by atoms with E-state index in [0.29, 0.717) is 0 Å². The summed E-state index contributed by atoms with van der Waals surface area (Å²) in [5, 5.41) is 8.48. The molecule has 1 aromatic heterocycles. The number of rotatable bonds is 5. The van der Waals surface area contributed by atoms with Crippen LogP contribution in [0.3, 0.4) is 0 Å². The Morgan fingerprint density at radius 2 is 2.00 bits per heavy atom. The van der Waals surface area contributed by atoms with Crippen LogP contribution in [0, 0.1) is 0 Å². The standard InChI is InChI=1S/C14H19ClN4/c1-3-12-13(16)14(19(2)18-12)17-9-8-10-4-6-11(15)7-5-10/h4-7,17H,3,8-9,16H2,1-2H3. The number of aromatic nitrogens is 2. The molecule has 0 saturated carbocycles. The van der Waals surface area contributed by atoms with Crippen LogP contribution >= 0.6 is 11.6 Å². The molecule has 0 radical (unpaired) electrons. The summed E-state index contributed by atoms with van der Waals surface area (Å²) in [5.74, 6) is 0.894. The molecule has 3 N–H and O–H groups in total. The number of hydrogen-bond donors (Lipinski definition) is 2. The van der Waals surface area contributed by atoms with E-state index in [0.717, 1.165) is 41.6 Å². The number of nitrogens with two attached hydrogens (primary N) is 1. The number of benzene rings is 1. The van der Waals surface area contributed by atoms with Crippen LogP contribution < -0.4 is 11.1 Å². The van der Waals surface area contributed by atoms with Crippen LogP contribution in [0.4, 0.5) is 11.5 Å². The molecule has 0 spiro atoms. The minimum Gasteiger partial charge on any atom is -0.394 e. The Labute approximate surface area is 118 Å². The lowest BCUT2D eigenvalue weighted by atomic mass is 10.1. The van der Waals surface area contributed by atoms with Crippen molar-refractivity contribution in [3.8, 4) is 0 Å². The van der Waals surface area contributed by atoms with Gasteiger partial charge in [0.05, 0.1) is 11.4 Å². The normalized spacial score (nSPS) is 10.7. The van der Waals surface area contributed by atoms with Crippen molar-refractivity contribution in [2.75, 3.05) is 17.6 Å². The zero-order valence-electron chi connectivity index (χ0n) is 11.3.